The molecule has 1 aliphatic heterocycles. The summed E-state index contributed by atoms with van der Waals surface area (Å²) in [6.07, 6.45) is 2.13. The van der Waals surface area contributed by atoms with Crippen LogP contribution in [0, 0.1) is 0 Å². The first-order valence-electron chi connectivity index (χ1n) is 10.2. The van der Waals surface area contributed by atoms with Gasteiger partial charge in [0.15, 0.2) is 10.9 Å². The van der Waals surface area contributed by atoms with Crippen molar-refractivity contribution in [3.63, 3.8) is 0 Å². The fraction of sp³-hybridized carbons (Fsp3) is 0.333. The Morgan fingerprint density at radius 2 is 1.79 bits per heavy atom. The third-order valence-electron chi connectivity index (χ3n) is 5.17. The molecule has 0 spiro atoms. The molecule has 152 valence electrons. The van der Waals surface area contributed by atoms with Crippen molar-refractivity contribution in [2.24, 2.45) is 0 Å². The van der Waals surface area contributed by atoms with Crippen LogP contribution in [-0.2, 0) is 0 Å². The van der Waals surface area contributed by atoms with Gasteiger partial charge in [0.1, 0.15) is 5.75 Å². The van der Waals surface area contributed by atoms with Crippen molar-refractivity contribution in [3.05, 3.63) is 77.0 Å². The van der Waals surface area contributed by atoms with E-state index in [1.807, 2.05) is 73.3 Å². The molecule has 2 aromatic carbocycles. The summed E-state index contributed by atoms with van der Waals surface area (Å²) in [6, 6.07) is 17.0. The zero-order valence-electron chi connectivity index (χ0n) is 17.3. The Bertz CT molecular complexity index is 891. The van der Waals surface area contributed by atoms with E-state index in [0.717, 1.165) is 35.4 Å². The summed E-state index contributed by atoms with van der Waals surface area (Å²) in [4.78, 5) is 15.4. The molecule has 3 rings (SSSR count). The van der Waals surface area contributed by atoms with E-state index in [1.165, 1.54) is 0 Å². The Labute approximate surface area is 178 Å². The highest BCUT2D eigenvalue weighted by atomic mass is 32.1. The van der Waals surface area contributed by atoms with Crippen molar-refractivity contribution >= 4 is 23.1 Å². The largest absolute Gasteiger partial charge is 0.494 e. The van der Waals surface area contributed by atoms with Crippen molar-refractivity contribution < 1.29 is 9.53 Å². The maximum atomic E-state index is 13.4. The van der Waals surface area contributed by atoms with Crippen molar-refractivity contribution in [2.45, 2.75) is 39.7 Å². The Morgan fingerprint density at radius 3 is 2.41 bits per heavy atom. The van der Waals surface area contributed by atoms with Gasteiger partial charge in [-0.15, -0.1) is 0 Å². The summed E-state index contributed by atoms with van der Waals surface area (Å²) in [5.74, 6) is 0.859. The first-order chi connectivity index (χ1) is 14.1. The number of nitrogens with zero attached hydrogens (tertiary/aromatic N) is 1. The van der Waals surface area contributed by atoms with Crippen molar-refractivity contribution in [3.8, 4) is 5.75 Å². The van der Waals surface area contributed by atoms with E-state index in [9.17, 15) is 4.79 Å². The average molecular weight is 409 g/mol. The van der Waals surface area contributed by atoms with Gasteiger partial charge in [0.2, 0.25) is 0 Å². The zero-order chi connectivity index (χ0) is 20.8. The molecule has 1 unspecified atom stereocenters. The number of hydrogen-bond donors (Lipinski definition) is 1. The molecule has 1 heterocycles. The predicted molar refractivity (Wildman–Crippen MR) is 121 cm³/mol. The smallest absolute Gasteiger partial charge is 0.193 e. The number of carbonyl (C=O) groups is 1. The molecule has 0 aromatic heterocycles. The van der Waals surface area contributed by atoms with Crippen molar-refractivity contribution in [1.82, 2.24) is 10.2 Å². The highest BCUT2D eigenvalue weighted by Gasteiger charge is 2.33. The molecule has 1 aliphatic rings. The van der Waals surface area contributed by atoms with E-state index in [4.69, 9.17) is 17.0 Å². The second-order valence-electron chi connectivity index (χ2n) is 7.09. The summed E-state index contributed by atoms with van der Waals surface area (Å²) in [5.41, 5.74) is 3.30. The molecule has 0 saturated carbocycles. The van der Waals surface area contributed by atoms with Gasteiger partial charge in [0.05, 0.1) is 12.6 Å². The maximum Gasteiger partial charge on any atom is 0.193 e. The minimum Gasteiger partial charge on any atom is -0.494 e. The lowest BCUT2D eigenvalue weighted by atomic mass is 9.89. The van der Waals surface area contributed by atoms with Crippen LogP contribution in [0.4, 0.5) is 0 Å². The normalized spacial score (nSPS) is 16.6. The highest BCUT2D eigenvalue weighted by molar-refractivity contribution is 7.80. The number of benzene rings is 2. The fourth-order valence-electron chi connectivity index (χ4n) is 3.54. The van der Waals surface area contributed by atoms with Crippen LogP contribution >= 0.6 is 12.2 Å². The van der Waals surface area contributed by atoms with Gasteiger partial charge in [-0.25, -0.2) is 0 Å². The Hall–Kier alpha value is -2.66. The average Bonchev–Trinajstić information content (AvgIpc) is 2.74. The number of ketones is 1. The third-order valence-corrected chi connectivity index (χ3v) is 5.51. The Balaban J connectivity index is 1.96. The monoisotopic (exact) mass is 408 g/mol. The van der Waals surface area contributed by atoms with Gasteiger partial charge >= 0.3 is 0 Å². The van der Waals surface area contributed by atoms with E-state index >= 15 is 0 Å². The molecule has 4 nitrogen and oxygen atoms in total. The summed E-state index contributed by atoms with van der Waals surface area (Å²) in [6.45, 7) is 7.57. The summed E-state index contributed by atoms with van der Waals surface area (Å²) in [5, 5.41) is 4.02. The van der Waals surface area contributed by atoms with E-state index < -0.39 is 0 Å². The number of unbranched alkanes of at least 4 members (excludes halogenated alkanes) is 1. The van der Waals surface area contributed by atoms with Gasteiger partial charge in [-0.1, -0.05) is 55.8 Å². The number of carbonyl (C=O) groups excluding carboxylic acids is 1. The summed E-state index contributed by atoms with van der Waals surface area (Å²) >= 11 is 5.58. The highest BCUT2D eigenvalue weighted by Crippen LogP contribution is 2.33. The first kappa shape index (κ1) is 21.1. The number of ether oxygens (including phenoxy) is 1. The SMILES string of the molecule is CCCCOc1ccc(C2NC(=S)N(CC)C(C)=C2C(=O)c2ccccc2)cc1. The molecule has 0 fully saturated rings. The van der Waals surface area contributed by atoms with Gasteiger partial charge < -0.3 is 15.0 Å². The second kappa shape index (κ2) is 9.70. The minimum atomic E-state index is -0.289. The molecule has 2 aromatic rings. The first-order valence-corrected chi connectivity index (χ1v) is 10.6. The van der Waals surface area contributed by atoms with Gasteiger partial charge in [-0.3, -0.25) is 4.79 Å². The van der Waals surface area contributed by atoms with Crippen LogP contribution in [0.1, 0.15) is 55.6 Å². The molecule has 1 atom stereocenters. The standard InChI is InChI=1S/C24H28N2O2S/c1-4-6-16-28-20-14-12-18(13-15-20)22-21(17(3)26(5-2)24(29)25-22)23(27)19-10-8-7-9-11-19/h7-15,22H,4-6,16H2,1-3H3,(H,25,29). The van der Waals surface area contributed by atoms with Crippen molar-refractivity contribution in [2.75, 3.05) is 13.2 Å². The maximum absolute atomic E-state index is 13.4. The number of allylic oxidation sites excluding steroid dienone is 1. The Kier molecular flexibility index (Phi) is 7.04. The Morgan fingerprint density at radius 1 is 1.10 bits per heavy atom. The molecule has 1 N–H and O–H groups in total. The lowest BCUT2D eigenvalue weighted by Gasteiger charge is -2.37. The number of hydrogen-bond acceptors (Lipinski definition) is 3. The number of thiocarbonyl (C=S) groups is 1. The molecule has 0 aliphatic carbocycles. The molecular formula is C24H28N2O2S. The van der Waals surface area contributed by atoms with E-state index in [2.05, 4.69) is 12.2 Å². The number of nitrogens with one attached hydrogen (secondary N) is 1. The van der Waals surface area contributed by atoms with Gasteiger partial charge in [0, 0.05) is 23.4 Å². The van der Waals surface area contributed by atoms with Crippen LogP contribution in [0.5, 0.6) is 5.75 Å². The van der Waals surface area contributed by atoms with Gasteiger partial charge in [-0.2, -0.15) is 0 Å². The van der Waals surface area contributed by atoms with Gasteiger partial charge in [-0.05, 0) is 50.2 Å². The molecule has 0 radical (unpaired) electrons. The van der Waals surface area contributed by atoms with Crippen LogP contribution in [0.15, 0.2) is 65.9 Å². The number of rotatable bonds is 8. The van der Waals surface area contributed by atoms with E-state index in [0.29, 0.717) is 23.8 Å². The molecular weight excluding hydrogens is 380 g/mol. The lowest BCUT2D eigenvalue weighted by Crippen LogP contribution is -2.47. The molecule has 0 amide bonds. The van der Waals surface area contributed by atoms with E-state index in [1.54, 1.807) is 0 Å². The van der Waals surface area contributed by atoms with Gasteiger partial charge in [0.25, 0.3) is 0 Å². The molecule has 29 heavy (non-hydrogen) atoms. The minimum absolute atomic E-state index is 0.0184. The summed E-state index contributed by atoms with van der Waals surface area (Å²) in [7, 11) is 0. The van der Waals surface area contributed by atoms with Crippen LogP contribution in [0.2, 0.25) is 0 Å². The molecule has 5 heteroatoms. The van der Waals surface area contributed by atoms with Crippen LogP contribution in [-0.4, -0.2) is 28.9 Å². The zero-order valence-corrected chi connectivity index (χ0v) is 18.1. The second-order valence-corrected chi connectivity index (χ2v) is 7.48. The fourth-order valence-corrected chi connectivity index (χ4v) is 3.93. The summed E-state index contributed by atoms with van der Waals surface area (Å²) < 4.78 is 5.78. The predicted octanol–water partition coefficient (Wildman–Crippen LogP) is 5.27. The quantitative estimate of drug-likeness (QED) is 0.366. The van der Waals surface area contributed by atoms with Crippen LogP contribution < -0.4 is 10.1 Å². The molecule has 0 saturated heterocycles. The van der Waals surface area contributed by atoms with Crippen LogP contribution in [0.25, 0.3) is 0 Å². The van der Waals surface area contributed by atoms with Crippen molar-refractivity contribution in [1.29, 1.82) is 0 Å². The third kappa shape index (κ3) is 4.67. The topological polar surface area (TPSA) is 41.6 Å². The number of Topliss-reactive ketones (excluding diaryl/α,β-unsaturated/α-hetero) is 1. The lowest BCUT2D eigenvalue weighted by molar-refractivity contribution is 0.102. The van der Waals surface area contributed by atoms with Crippen LogP contribution in [0.3, 0.4) is 0 Å². The molecule has 0 bridgehead atoms. The van der Waals surface area contributed by atoms with E-state index in [-0.39, 0.29) is 11.8 Å².